The molecule has 2 N–H and O–H groups in total. The molecule has 1 atom stereocenters. The average molecular weight is 288 g/mol. The molecule has 0 saturated heterocycles. The summed E-state index contributed by atoms with van der Waals surface area (Å²) < 4.78 is 0. The molecular weight excluding hydrogens is 260 g/mol. The molecule has 1 heterocycles. The minimum absolute atomic E-state index is 0.119. The minimum atomic E-state index is -0.119. The lowest BCUT2D eigenvalue weighted by Crippen LogP contribution is -2.58. The normalized spacial score (nSPS) is 21.5. The second-order valence-corrected chi connectivity index (χ2v) is 6.63. The van der Waals surface area contributed by atoms with E-state index in [-0.39, 0.29) is 12.1 Å². The largest absolute Gasteiger partial charge is 0.394 e. The van der Waals surface area contributed by atoms with E-state index >= 15 is 0 Å². The second-order valence-electron chi connectivity index (χ2n) is 6.63. The van der Waals surface area contributed by atoms with Gasteiger partial charge in [-0.1, -0.05) is 25.1 Å². The lowest BCUT2D eigenvalue weighted by atomic mass is 9.92. The van der Waals surface area contributed by atoms with Crippen LogP contribution in [-0.2, 0) is 6.42 Å². The van der Waals surface area contributed by atoms with Gasteiger partial charge in [0.05, 0.1) is 12.1 Å². The SMILES string of the molecule is CCNC(CO)(CN1CCCCc2ccccc21)C1CC1. The Kier molecular flexibility index (Phi) is 4.51. The Balaban J connectivity index is 1.85. The maximum absolute atomic E-state index is 10.1. The van der Waals surface area contributed by atoms with Gasteiger partial charge in [-0.25, -0.2) is 0 Å². The van der Waals surface area contributed by atoms with Gasteiger partial charge in [0.1, 0.15) is 0 Å². The first-order valence-electron chi connectivity index (χ1n) is 8.48. The van der Waals surface area contributed by atoms with Gasteiger partial charge in [-0.15, -0.1) is 0 Å². The van der Waals surface area contributed by atoms with Crippen LogP contribution in [0.5, 0.6) is 0 Å². The highest BCUT2D eigenvalue weighted by Crippen LogP contribution is 2.41. The number of benzene rings is 1. The van der Waals surface area contributed by atoms with Crippen molar-refractivity contribution in [1.29, 1.82) is 0 Å². The summed E-state index contributed by atoms with van der Waals surface area (Å²) >= 11 is 0. The Bertz CT molecular complexity index is 472. The molecule has 0 amide bonds. The third-order valence-electron chi connectivity index (χ3n) is 5.10. The van der Waals surface area contributed by atoms with E-state index in [1.54, 1.807) is 0 Å². The number of aliphatic hydroxyl groups is 1. The summed E-state index contributed by atoms with van der Waals surface area (Å²) in [6.07, 6.45) is 6.20. The number of likely N-dealkylation sites (N-methyl/N-ethyl adjacent to an activating group) is 1. The molecule has 2 aliphatic rings. The van der Waals surface area contributed by atoms with Gasteiger partial charge in [0.2, 0.25) is 0 Å². The summed E-state index contributed by atoms with van der Waals surface area (Å²) in [5, 5.41) is 13.7. The molecule has 1 fully saturated rings. The fourth-order valence-electron chi connectivity index (χ4n) is 3.83. The van der Waals surface area contributed by atoms with Crippen molar-refractivity contribution >= 4 is 5.69 Å². The highest BCUT2D eigenvalue weighted by molar-refractivity contribution is 5.55. The average Bonchev–Trinajstić information content (AvgIpc) is 3.35. The number of anilines is 1. The van der Waals surface area contributed by atoms with Gasteiger partial charge in [-0.05, 0) is 56.2 Å². The van der Waals surface area contributed by atoms with Gasteiger partial charge in [0, 0.05) is 18.8 Å². The van der Waals surface area contributed by atoms with Crippen molar-refractivity contribution in [3.63, 3.8) is 0 Å². The van der Waals surface area contributed by atoms with Crippen LogP contribution in [-0.4, -0.2) is 36.9 Å². The highest BCUT2D eigenvalue weighted by atomic mass is 16.3. The van der Waals surface area contributed by atoms with Gasteiger partial charge in [0.15, 0.2) is 0 Å². The van der Waals surface area contributed by atoms with Crippen molar-refractivity contribution in [3.05, 3.63) is 29.8 Å². The van der Waals surface area contributed by atoms with E-state index in [4.69, 9.17) is 0 Å². The van der Waals surface area contributed by atoms with E-state index in [1.165, 1.54) is 43.4 Å². The number of nitrogens with one attached hydrogen (secondary N) is 1. The van der Waals surface area contributed by atoms with Crippen LogP contribution in [0, 0.1) is 5.92 Å². The monoisotopic (exact) mass is 288 g/mol. The van der Waals surface area contributed by atoms with Crippen molar-refractivity contribution < 1.29 is 5.11 Å². The molecule has 116 valence electrons. The maximum atomic E-state index is 10.1. The van der Waals surface area contributed by atoms with E-state index in [9.17, 15) is 5.11 Å². The summed E-state index contributed by atoms with van der Waals surface area (Å²) in [6, 6.07) is 8.80. The van der Waals surface area contributed by atoms with Gasteiger partial charge in [-0.2, -0.15) is 0 Å². The molecule has 1 aliphatic carbocycles. The molecule has 1 unspecified atom stereocenters. The van der Waals surface area contributed by atoms with E-state index in [1.807, 2.05) is 0 Å². The van der Waals surface area contributed by atoms with Gasteiger partial charge in [0.25, 0.3) is 0 Å². The number of rotatable bonds is 6. The van der Waals surface area contributed by atoms with Gasteiger partial charge < -0.3 is 15.3 Å². The molecule has 0 radical (unpaired) electrons. The minimum Gasteiger partial charge on any atom is -0.394 e. The molecule has 3 heteroatoms. The summed E-state index contributed by atoms with van der Waals surface area (Å²) in [7, 11) is 0. The number of para-hydroxylation sites is 1. The smallest absolute Gasteiger partial charge is 0.0633 e. The first-order valence-corrected chi connectivity index (χ1v) is 8.48. The Morgan fingerprint density at radius 1 is 1.29 bits per heavy atom. The van der Waals surface area contributed by atoms with Crippen LogP contribution in [0.25, 0.3) is 0 Å². The van der Waals surface area contributed by atoms with Crippen LogP contribution in [0.15, 0.2) is 24.3 Å². The molecule has 3 rings (SSSR count). The molecule has 0 aromatic heterocycles. The first kappa shape index (κ1) is 14.9. The van der Waals surface area contributed by atoms with Crippen molar-refractivity contribution in [1.82, 2.24) is 5.32 Å². The summed E-state index contributed by atoms with van der Waals surface area (Å²) in [5.41, 5.74) is 2.73. The Hall–Kier alpha value is -1.06. The molecule has 1 aromatic carbocycles. The highest BCUT2D eigenvalue weighted by Gasteiger charge is 2.45. The fraction of sp³-hybridized carbons (Fsp3) is 0.667. The molecule has 3 nitrogen and oxygen atoms in total. The van der Waals surface area contributed by atoms with Crippen molar-refractivity contribution in [2.75, 3.05) is 31.1 Å². The van der Waals surface area contributed by atoms with E-state index < -0.39 is 0 Å². The maximum Gasteiger partial charge on any atom is 0.0633 e. The van der Waals surface area contributed by atoms with Crippen LogP contribution in [0.1, 0.15) is 38.2 Å². The van der Waals surface area contributed by atoms with Crippen LogP contribution in [0.4, 0.5) is 5.69 Å². The zero-order valence-corrected chi connectivity index (χ0v) is 13.1. The Morgan fingerprint density at radius 2 is 2.10 bits per heavy atom. The lowest BCUT2D eigenvalue weighted by molar-refractivity contribution is 0.145. The zero-order chi connectivity index (χ0) is 14.7. The third kappa shape index (κ3) is 3.09. The quantitative estimate of drug-likeness (QED) is 0.844. The Labute approximate surface area is 128 Å². The fourth-order valence-corrected chi connectivity index (χ4v) is 3.83. The van der Waals surface area contributed by atoms with E-state index in [2.05, 4.69) is 41.4 Å². The van der Waals surface area contributed by atoms with Crippen LogP contribution < -0.4 is 10.2 Å². The number of hydrogen-bond acceptors (Lipinski definition) is 3. The predicted octanol–water partition coefficient (Wildman–Crippen LogP) is 2.58. The van der Waals surface area contributed by atoms with Crippen LogP contribution in [0.2, 0.25) is 0 Å². The first-order chi connectivity index (χ1) is 10.3. The van der Waals surface area contributed by atoms with E-state index in [0.717, 1.165) is 19.6 Å². The summed E-state index contributed by atoms with van der Waals surface area (Å²) in [6.45, 7) is 5.34. The molecular formula is C18H28N2O. The topological polar surface area (TPSA) is 35.5 Å². The Morgan fingerprint density at radius 3 is 2.81 bits per heavy atom. The molecule has 0 spiro atoms. The molecule has 1 aromatic rings. The zero-order valence-electron chi connectivity index (χ0n) is 13.1. The third-order valence-corrected chi connectivity index (χ3v) is 5.10. The molecule has 1 aliphatic heterocycles. The van der Waals surface area contributed by atoms with Crippen molar-refractivity contribution in [2.24, 2.45) is 5.92 Å². The number of fused-ring (bicyclic) bond motifs is 1. The molecule has 1 saturated carbocycles. The summed E-state index contributed by atoms with van der Waals surface area (Å²) in [5.74, 6) is 0.637. The lowest BCUT2D eigenvalue weighted by Gasteiger charge is -2.39. The van der Waals surface area contributed by atoms with Gasteiger partial charge in [-0.3, -0.25) is 0 Å². The van der Waals surface area contributed by atoms with E-state index in [0.29, 0.717) is 5.92 Å². The van der Waals surface area contributed by atoms with Gasteiger partial charge >= 0.3 is 0 Å². The number of aliphatic hydroxyl groups excluding tert-OH is 1. The number of hydrogen-bond donors (Lipinski definition) is 2. The van der Waals surface area contributed by atoms with Crippen LogP contribution >= 0.6 is 0 Å². The predicted molar refractivity (Wildman–Crippen MR) is 87.8 cm³/mol. The standard InChI is InChI=1S/C18H28N2O/c1-2-19-18(14-21,16-10-11-16)13-20-12-6-5-8-15-7-3-4-9-17(15)20/h3-4,7,9,16,19,21H,2,5-6,8,10-14H2,1H3. The van der Waals surface area contributed by atoms with Crippen molar-refractivity contribution in [3.8, 4) is 0 Å². The number of aryl methyl sites for hydroxylation is 1. The number of nitrogens with zero attached hydrogens (tertiary/aromatic N) is 1. The summed E-state index contributed by atoms with van der Waals surface area (Å²) in [4.78, 5) is 2.51. The van der Waals surface area contributed by atoms with Crippen molar-refractivity contribution in [2.45, 2.75) is 44.6 Å². The molecule has 21 heavy (non-hydrogen) atoms. The molecule has 0 bridgehead atoms. The second kappa shape index (κ2) is 6.37. The van der Waals surface area contributed by atoms with Crippen LogP contribution in [0.3, 0.4) is 0 Å².